The molecule has 0 radical (unpaired) electrons. The zero-order valence-corrected chi connectivity index (χ0v) is 31.5. The lowest BCUT2D eigenvalue weighted by Gasteiger charge is -2.52. The first-order chi connectivity index (χ1) is 23.7. The highest BCUT2D eigenvalue weighted by Gasteiger charge is 2.62. The van der Waals surface area contributed by atoms with Gasteiger partial charge in [0.25, 0.3) is 11.7 Å². The van der Waals surface area contributed by atoms with Gasteiger partial charge in [-0.3, -0.25) is 19.2 Å². The smallest absolute Gasteiger partial charge is 0.328 e. The van der Waals surface area contributed by atoms with E-state index in [0.29, 0.717) is 51.7 Å². The summed E-state index contributed by atoms with van der Waals surface area (Å²) < 4.78 is 28.3. The molecule has 6 unspecified atom stereocenters. The van der Waals surface area contributed by atoms with Crippen molar-refractivity contribution in [2.75, 3.05) is 34.5 Å². The number of fused-ring (bicyclic) bond motifs is 1. The Kier molecular flexibility index (Phi) is 15.8. The topological polar surface area (TPSA) is 135 Å². The number of hydrogen-bond acceptors (Lipinski definition) is 10. The Bertz CT molecular complexity index is 1310. The number of allylic oxidation sites excluding steroid dienone is 5. The van der Waals surface area contributed by atoms with Gasteiger partial charge in [-0.25, -0.2) is 4.79 Å². The van der Waals surface area contributed by atoms with E-state index in [4.69, 9.17) is 23.7 Å². The standard InChI is InChI=1S/C39H59NO10/c1-24(21-26(3)34(42)35(47-8)28(5)27(4)29(6)41)15-11-10-12-16-25(2)33(46-7)22-31-19-18-30-23-49-39(30,50-31)36(43)37(44)40-20-14-13-17-32(40)38(45)48-9/h10-12,15-16,24,26-28,30-33,35H,13-14,17-23H2,1-9H3/b12-10+,15-11+,25-16+/t24-,26?,27?,28?,30?,31+,32?,33+,35-,39?/m1/s1. The Labute approximate surface area is 298 Å². The highest BCUT2D eigenvalue weighted by atomic mass is 16.7. The number of rotatable bonds is 18. The maximum absolute atomic E-state index is 13.6. The van der Waals surface area contributed by atoms with Gasteiger partial charge in [-0.15, -0.1) is 0 Å². The lowest BCUT2D eigenvalue weighted by Crippen LogP contribution is -2.68. The highest BCUT2D eigenvalue weighted by Crippen LogP contribution is 2.45. The fraction of sp³-hybridized carbons (Fsp3) is 0.718. The molecule has 1 amide bonds. The third kappa shape index (κ3) is 9.86. The fourth-order valence-electron chi connectivity index (χ4n) is 7.35. The minimum absolute atomic E-state index is 0.0190. The lowest BCUT2D eigenvalue weighted by atomic mass is 9.80. The average Bonchev–Trinajstić information content (AvgIpc) is 3.09. The summed E-state index contributed by atoms with van der Waals surface area (Å²) in [5.41, 5.74) is 0.967. The van der Waals surface area contributed by atoms with Crippen LogP contribution in [0.1, 0.15) is 86.5 Å². The molecule has 3 rings (SSSR count). The van der Waals surface area contributed by atoms with Crippen LogP contribution in [0.25, 0.3) is 0 Å². The van der Waals surface area contributed by atoms with Gasteiger partial charge in [0, 0.05) is 44.9 Å². The number of nitrogens with zero attached hydrogens (tertiary/aromatic N) is 1. The van der Waals surface area contributed by atoms with Crippen molar-refractivity contribution in [2.24, 2.45) is 29.6 Å². The predicted molar refractivity (Wildman–Crippen MR) is 188 cm³/mol. The summed E-state index contributed by atoms with van der Waals surface area (Å²) >= 11 is 0. The minimum Gasteiger partial charge on any atom is -0.467 e. The van der Waals surface area contributed by atoms with E-state index in [1.54, 1.807) is 14.0 Å². The number of hydrogen-bond donors (Lipinski definition) is 0. The van der Waals surface area contributed by atoms with Crippen LogP contribution in [0.5, 0.6) is 0 Å². The van der Waals surface area contributed by atoms with Gasteiger partial charge in [0.15, 0.2) is 5.78 Å². The molecule has 0 saturated carbocycles. The van der Waals surface area contributed by atoms with Gasteiger partial charge in [-0.1, -0.05) is 58.1 Å². The maximum atomic E-state index is 13.6. The number of carbonyl (C=O) groups excluding carboxylic acids is 5. The second-order valence-electron chi connectivity index (χ2n) is 14.4. The summed E-state index contributed by atoms with van der Waals surface area (Å²) in [6.07, 6.45) is 13.0. The first-order valence-corrected chi connectivity index (χ1v) is 18.1. The van der Waals surface area contributed by atoms with E-state index < -0.39 is 35.6 Å². The molecule has 3 heterocycles. The third-order valence-electron chi connectivity index (χ3n) is 10.9. The SMILES string of the molecule is COC(=O)C1CCCCN1C(=O)C(=O)C12OCC1CC[C@@H](C[C@H](OC)/C(C)=C/C=C/C=C/[C@@H](C)CC(C)C(=O)[C@H](OC)C(C)C(C)C(C)=O)O2. The summed E-state index contributed by atoms with van der Waals surface area (Å²) in [7, 11) is 4.44. The van der Waals surface area contributed by atoms with Crippen molar-refractivity contribution in [1.82, 2.24) is 4.90 Å². The monoisotopic (exact) mass is 701 g/mol. The third-order valence-corrected chi connectivity index (χ3v) is 10.9. The summed E-state index contributed by atoms with van der Waals surface area (Å²) in [6.45, 7) is 11.9. The summed E-state index contributed by atoms with van der Waals surface area (Å²) in [4.78, 5) is 65.7. The molecule has 3 aliphatic rings. The molecular weight excluding hydrogens is 642 g/mol. The first kappa shape index (κ1) is 41.4. The van der Waals surface area contributed by atoms with Crippen LogP contribution in [0, 0.1) is 29.6 Å². The minimum atomic E-state index is -1.63. The van der Waals surface area contributed by atoms with Crippen LogP contribution in [-0.4, -0.2) is 98.7 Å². The summed E-state index contributed by atoms with van der Waals surface area (Å²) in [5, 5.41) is 0. The van der Waals surface area contributed by atoms with E-state index >= 15 is 0 Å². The molecule has 0 aliphatic carbocycles. The number of likely N-dealkylation sites (tertiary alicyclic amines) is 1. The Balaban J connectivity index is 1.56. The van der Waals surface area contributed by atoms with E-state index in [-0.39, 0.29) is 53.4 Å². The molecule has 10 atom stereocenters. The Morgan fingerprint density at radius 1 is 0.920 bits per heavy atom. The van der Waals surface area contributed by atoms with Gasteiger partial charge in [-0.05, 0) is 69.8 Å². The number of methoxy groups -OCH3 is 3. The zero-order chi connectivity index (χ0) is 37.2. The molecule has 3 aliphatic heterocycles. The molecule has 0 aromatic heterocycles. The lowest BCUT2D eigenvalue weighted by molar-refractivity contribution is -0.356. The van der Waals surface area contributed by atoms with Gasteiger partial charge in [0.1, 0.15) is 17.9 Å². The molecular formula is C39H59NO10. The van der Waals surface area contributed by atoms with Crippen molar-refractivity contribution in [3.63, 3.8) is 0 Å². The number of ether oxygens (including phenoxy) is 5. The molecule has 0 spiro atoms. The van der Waals surface area contributed by atoms with E-state index in [2.05, 4.69) is 13.0 Å². The fourth-order valence-corrected chi connectivity index (χ4v) is 7.35. The van der Waals surface area contributed by atoms with Gasteiger partial charge in [0.05, 0.1) is 25.9 Å². The Hall–Kier alpha value is -2.99. The molecule has 3 fully saturated rings. The van der Waals surface area contributed by atoms with Crippen molar-refractivity contribution in [3.05, 3.63) is 36.0 Å². The molecule has 3 saturated heterocycles. The van der Waals surface area contributed by atoms with E-state index in [1.807, 2.05) is 52.0 Å². The van der Waals surface area contributed by atoms with Crippen LogP contribution in [0.2, 0.25) is 0 Å². The van der Waals surface area contributed by atoms with Crippen molar-refractivity contribution >= 4 is 29.2 Å². The van der Waals surface area contributed by atoms with Gasteiger partial charge in [-0.2, -0.15) is 0 Å². The Morgan fingerprint density at radius 3 is 2.24 bits per heavy atom. The van der Waals surface area contributed by atoms with Gasteiger partial charge >= 0.3 is 5.97 Å². The average molecular weight is 702 g/mol. The van der Waals surface area contributed by atoms with Crippen LogP contribution >= 0.6 is 0 Å². The first-order valence-electron chi connectivity index (χ1n) is 18.1. The van der Waals surface area contributed by atoms with Gasteiger partial charge in [0.2, 0.25) is 5.79 Å². The Morgan fingerprint density at radius 2 is 1.64 bits per heavy atom. The highest BCUT2D eigenvalue weighted by molar-refractivity contribution is 6.39. The van der Waals surface area contributed by atoms with E-state index in [9.17, 15) is 24.0 Å². The van der Waals surface area contributed by atoms with Crippen LogP contribution in [0.3, 0.4) is 0 Å². The molecule has 11 heteroatoms. The largest absolute Gasteiger partial charge is 0.467 e. The summed E-state index contributed by atoms with van der Waals surface area (Å²) in [5.74, 6) is -4.33. The quantitative estimate of drug-likeness (QED) is 0.107. The summed E-state index contributed by atoms with van der Waals surface area (Å²) in [6, 6.07) is -0.782. The molecule has 280 valence electrons. The molecule has 50 heavy (non-hydrogen) atoms. The number of amides is 1. The number of esters is 1. The molecule has 0 bridgehead atoms. The number of carbonyl (C=O) groups is 5. The second-order valence-corrected chi connectivity index (χ2v) is 14.4. The molecule has 0 aromatic carbocycles. The van der Waals surface area contributed by atoms with Crippen LogP contribution in [0.15, 0.2) is 36.0 Å². The van der Waals surface area contributed by atoms with Gasteiger partial charge < -0.3 is 28.6 Å². The van der Waals surface area contributed by atoms with E-state index in [1.165, 1.54) is 19.1 Å². The maximum Gasteiger partial charge on any atom is 0.328 e. The van der Waals surface area contributed by atoms with Crippen molar-refractivity contribution in [2.45, 2.75) is 117 Å². The predicted octanol–water partition coefficient (Wildman–Crippen LogP) is 5.20. The molecule has 0 N–H and O–H groups in total. The second kappa shape index (κ2) is 19.0. The number of piperidine rings is 1. The molecule has 0 aromatic rings. The van der Waals surface area contributed by atoms with E-state index in [0.717, 1.165) is 12.0 Å². The van der Waals surface area contributed by atoms with Crippen LogP contribution in [0.4, 0.5) is 0 Å². The van der Waals surface area contributed by atoms with Crippen molar-refractivity contribution < 1.29 is 47.7 Å². The van der Waals surface area contributed by atoms with Crippen LogP contribution in [-0.2, 0) is 47.7 Å². The van der Waals surface area contributed by atoms with Crippen molar-refractivity contribution in [3.8, 4) is 0 Å². The normalized spacial score (nSPS) is 27.8. The van der Waals surface area contributed by atoms with Crippen molar-refractivity contribution in [1.29, 1.82) is 0 Å². The zero-order valence-electron chi connectivity index (χ0n) is 31.5. The van der Waals surface area contributed by atoms with Crippen LogP contribution < -0.4 is 0 Å². The number of Topliss-reactive ketones (excluding diaryl/α,β-unsaturated/α-hetero) is 3. The molecule has 11 nitrogen and oxygen atoms in total. The number of ketones is 3.